The standard InChI is InChI=1S/C13H19ClN2O/c1-11(16-8-6-15-7-9-16)10-17-13-5-3-2-4-12(13)14/h2-5,11,15H,6-10H2,1H3. The van der Waals surface area contributed by atoms with Gasteiger partial charge in [-0.15, -0.1) is 0 Å². The molecule has 1 aliphatic rings. The summed E-state index contributed by atoms with van der Waals surface area (Å²) in [6.07, 6.45) is 0. The summed E-state index contributed by atoms with van der Waals surface area (Å²) in [5, 5.41) is 4.03. The van der Waals surface area contributed by atoms with Crippen molar-refractivity contribution in [2.45, 2.75) is 13.0 Å². The van der Waals surface area contributed by atoms with Crippen LogP contribution >= 0.6 is 11.6 Å². The second-order valence-corrected chi connectivity index (χ2v) is 4.78. The average Bonchev–Trinajstić information content (AvgIpc) is 2.38. The molecule has 0 aromatic heterocycles. The maximum atomic E-state index is 6.04. The highest BCUT2D eigenvalue weighted by molar-refractivity contribution is 6.32. The van der Waals surface area contributed by atoms with Gasteiger partial charge in [0.25, 0.3) is 0 Å². The number of halogens is 1. The van der Waals surface area contributed by atoms with Gasteiger partial charge in [0.15, 0.2) is 0 Å². The fraction of sp³-hybridized carbons (Fsp3) is 0.538. The highest BCUT2D eigenvalue weighted by Crippen LogP contribution is 2.23. The van der Waals surface area contributed by atoms with Crippen molar-refractivity contribution in [2.75, 3.05) is 32.8 Å². The van der Waals surface area contributed by atoms with E-state index in [-0.39, 0.29) is 0 Å². The topological polar surface area (TPSA) is 24.5 Å². The van der Waals surface area contributed by atoms with Crippen LogP contribution in [0.15, 0.2) is 24.3 Å². The van der Waals surface area contributed by atoms with Gasteiger partial charge in [0.2, 0.25) is 0 Å². The third-order valence-corrected chi connectivity index (χ3v) is 3.40. The first kappa shape index (κ1) is 12.7. The molecule has 0 radical (unpaired) electrons. The lowest BCUT2D eigenvalue weighted by molar-refractivity contribution is 0.132. The third kappa shape index (κ3) is 3.60. The Balaban J connectivity index is 1.83. The summed E-state index contributed by atoms with van der Waals surface area (Å²) in [4.78, 5) is 2.44. The Morgan fingerprint density at radius 3 is 2.76 bits per heavy atom. The fourth-order valence-electron chi connectivity index (χ4n) is 2.00. The molecule has 17 heavy (non-hydrogen) atoms. The Labute approximate surface area is 108 Å². The summed E-state index contributed by atoms with van der Waals surface area (Å²) in [6, 6.07) is 8.04. The van der Waals surface area contributed by atoms with Crippen LogP contribution in [0.2, 0.25) is 5.02 Å². The summed E-state index contributed by atoms with van der Waals surface area (Å²) in [5.41, 5.74) is 0. The number of para-hydroxylation sites is 1. The van der Waals surface area contributed by atoms with Gasteiger partial charge in [-0.3, -0.25) is 4.90 Å². The average molecular weight is 255 g/mol. The highest BCUT2D eigenvalue weighted by atomic mass is 35.5. The Morgan fingerprint density at radius 1 is 1.35 bits per heavy atom. The Morgan fingerprint density at radius 2 is 2.06 bits per heavy atom. The molecule has 1 atom stereocenters. The smallest absolute Gasteiger partial charge is 0.137 e. The monoisotopic (exact) mass is 254 g/mol. The predicted octanol–water partition coefficient (Wildman–Crippen LogP) is 2.01. The lowest BCUT2D eigenvalue weighted by Gasteiger charge is -2.32. The molecule has 0 amide bonds. The van der Waals surface area contributed by atoms with E-state index >= 15 is 0 Å². The Kier molecular flexibility index (Phi) is 4.66. The van der Waals surface area contributed by atoms with Crippen LogP contribution in [0.4, 0.5) is 0 Å². The second-order valence-electron chi connectivity index (χ2n) is 4.38. The summed E-state index contributed by atoms with van der Waals surface area (Å²) in [6.45, 7) is 7.19. The number of ether oxygens (including phenoxy) is 1. The molecule has 0 aliphatic carbocycles. The van der Waals surface area contributed by atoms with Gasteiger partial charge in [-0.05, 0) is 19.1 Å². The molecule has 1 unspecified atom stereocenters. The van der Waals surface area contributed by atoms with Gasteiger partial charge in [-0.2, -0.15) is 0 Å². The molecular formula is C13H19ClN2O. The van der Waals surface area contributed by atoms with Crippen molar-refractivity contribution in [2.24, 2.45) is 0 Å². The molecule has 1 aromatic carbocycles. The van der Waals surface area contributed by atoms with E-state index in [1.165, 1.54) is 0 Å². The summed E-state index contributed by atoms with van der Waals surface area (Å²) < 4.78 is 5.76. The van der Waals surface area contributed by atoms with Gasteiger partial charge in [0.05, 0.1) is 5.02 Å². The minimum Gasteiger partial charge on any atom is -0.490 e. The van der Waals surface area contributed by atoms with Crippen molar-refractivity contribution in [3.8, 4) is 5.75 Å². The molecule has 1 aliphatic heterocycles. The van der Waals surface area contributed by atoms with Crippen LogP contribution in [0.25, 0.3) is 0 Å². The van der Waals surface area contributed by atoms with E-state index < -0.39 is 0 Å². The third-order valence-electron chi connectivity index (χ3n) is 3.09. The largest absolute Gasteiger partial charge is 0.490 e. The van der Waals surface area contributed by atoms with Crippen LogP contribution in [0.3, 0.4) is 0 Å². The number of benzene rings is 1. The molecular weight excluding hydrogens is 236 g/mol. The highest BCUT2D eigenvalue weighted by Gasteiger charge is 2.16. The fourth-order valence-corrected chi connectivity index (χ4v) is 2.19. The van der Waals surface area contributed by atoms with E-state index in [0.29, 0.717) is 17.7 Å². The molecule has 1 heterocycles. The maximum Gasteiger partial charge on any atom is 0.137 e. The van der Waals surface area contributed by atoms with Crippen molar-refractivity contribution in [1.82, 2.24) is 10.2 Å². The van der Waals surface area contributed by atoms with Crippen LogP contribution in [-0.2, 0) is 0 Å². The molecule has 0 spiro atoms. The molecule has 2 rings (SSSR count). The van der Waals surface area contributed by atoms with Crippen LogP contribution in [0, 0.1) is 0 Å². The number of nitrogens with zero attached hydrogens (tertiary/aromatic N) is 1. The Hall–Kier alpha value is -0.770. The van der Waals surface area contributed by atoms with Crippen molar-refractivity contribution in [1.29, 1.82) is 0 Å². The normalized spacial score (nSPS) is 18.9. The van der Waals surface area contributed by atoms with Gasteiger partial charge in [-0.25, -0.2) is 0 Å². The van der Waals surface area contributed by atoms with Crippen molar-refractivity contribution in [3.63, 3.8) is 0 Å². The van der Waals surface area contributed by atoms with Crippen LogP contribution in [-0.4, -0.2) is 43.7 Å². The van der Waals surface area contributed by atoms with E-state index in [9.17, 15) is 0 Å². The quantitative estimate of drug-likeness (QED) is 0.890. The van der Waals surface area contributed by atoms with Gasteiger partial charge < -0.3 is 10.1 Å². The molecule has 4 heteroatoms. The zero-order chi connectivity index (χ0) is 12.1. The number of hydrogen-bond acceptors (Lipinski definition) is 3. The van der Waals surface area contributed by atoms with Crippen molar-refractivity contribution in [3.05, 3.63) is 29.3 Å². The second kappa shape index (κ2) is 6.24. The Bertz CT molecular complexity index is 353. The van der Waals surface area contributed by atoms with Gasteiger partial charge in [0, 0.05) is 32.2 Å². The lowest BCUT2D eigenvalue weighted by Crippen LogP contribution is -2.49. The minimum absolute atomic E-state index is 0.424. The van der Waals surface area contributed by atoms with E-state index in [1.54, 1.807) is 0 Å². The molecule has 3 nitrogen and oxygen atoms in total. The zero-order valence-electron chi connectivity index (χ0n) is 10.2. The predicted molar refractivity (Wildman–Crippen MR) is 70.9 cm³/mol. The first-order valence-electron chi connectivity index (χ1n) is 6.09. The zero-order valence-corrected chi connectivity index (χ0v) is 10.9. The number of piperazine rings is 1. The van der Waals surface area contributed by atoms with Crippen LogP contribution in [0.5, 0.6) is 5.75 Å². The lowest BCUT2D eigenvalue weighted by atomic mass is 10.2. The van der Waals surface area contributed by atoms with Gasteiger partial charge >= 0.3 is 0 Å². The van der Waals surface area contributed by atoms with E-state index in [2.05, 4.69) is 17.1 Å². The van der Waals surface area contributed by atoms with E-state index in [1.807, 2.05) is 24.3 Å². The van der Waals surface area contributed by atoms with E-state index in [0.717, 1.165) is 31.9 Å². The molecule has 1 aromatic rings. The number of rotatable bonds is 4. The van der Waals surface area contributed by atoms with Crippen LogP contribution in [0.1, 0.15) is 6.92 Å². The molecule has 0 saturated carbocycles. The number of nitrogens with one attached hydrogen (secondary N) is 1. The maximum absolute atomic E-state index is 6.04. The van der Waals surface area contributed by atoms with Gasteiger partial charge in [0.1, 0.15) is 12.4 Å². The summed E-state index contributed by atoms with van der Waals surface area (Å²) >= 11 is 6.04. The van der Waals surface area contributed by atoms with Crippen LogP contribution < -0.4 is 10.1 Å². The summed E-state index contributed by atoms with van der Waals surface area (Å²) in [5.74, 6) is 0.774. The minimum atomic E-state index is 0.424. The SMILES string of the molecule is CC(COc1ccccc1Cl)N1CCNCC1. The molecule has 1 saturated heterocycles. The van der Waals surface area contributed by atoms with Crippen molar-refractivity contribution >= 4 is 11.6 Å². The van der Waals surface area contributed by atoms with Crippen molar-refractivity contribution < 1.29 is 4.74 Å². The summed E-state index contributed by atoms with van der Waals surface area (Å²) in [7, 11) is 0. The molecule has 94 valence electrons. The number of hydrogen-bond donors (Lipinski definition) is 1. The molecule has 1 fully saturated rings. The first-order chi connectivity index (χ1) is 8.27. The molecule has 1 N–H and O–H groups in total. The first-order valence-corrected chi connectivity index (χ1v) is 6.47. The van der Waals surface area contributed by atoms with Gasteiger partial charge in [-0.1, -0.05) is 23.7 Å². The van der Waals surface area contributed by atoms with E-state index in [4.69, 9.17) is 16.3 Å². The molecule has 0 bridgehead atoms.